The molecule has 0 saturated carbocycles. The largest absolute Gasteiger partial charge is 0.484 e. The number of amides is 1. The van der Waals surface area contributed by atoms with Crippen molar-refractivity contribution in [2.45, 2.75) is 0 Å². The van der Waals surface area contributed by atoms with Gasteiger partial charge in [0.1, 0.15) is 11.6 Å². The van der Waals surface area contributed by atoms with Crippen LogP contribution in [0.4, 0.5) is 10.1 Å². The fourth-order valence-electron chi connectivity index (χ4n) is 1.73. The van der Waals surface area contributed by atoms with Crippen LogP contribution in [0.2, 0.25) is 0 Å². The minimum atomic E-state index is -0.811. The second-order valence-electron chi connectivity index (χ2n) is 4.34. The van der Waals surface area contributed by atoms with Gasteiger partial charge < -0.3 is 14.8 Å². The molecule has 114 valence electrons. The van der Waals surface area contributed by atoms with E-state index in [4.69, 9.17) is 4.74 Å². The Morgan fingerprint density at radius 1 is 1.14 bits per heavy atom. The average Bonchev–Trinajstić information content (AvgIpc) is 2.55. The lowest BCUT2D eigenvalue weighted by atomic mass is 10.2. The molecule has 0 atom stereocenters. The number of methoxy groups -OCH3 is 1. The van der Waals surface area contributed by atoms with E-state index in [2.05, 4.69) is 10.1 Å². The Balaban J connectivity index is 1.98. The van der Waals surface area contributed by atoms with Crippen LogP contribution in [0, 0.1) is 5.82 Å². The highest BCUT2D eigenvalue weighted by atomic mass is 19.1. The summed E-state index contributed by atoms with van der Waals surface area (Å²) in [6, 6.07) is 12.5. The van der Waals surface area contributed by atoms with Gasteiger partial charge in [-0.25, -0.2) is 9.18 Å². The number of carbonyl (C=O) groups excluding carboxylic acids is 2. The van der Waals surface area contributed by atoms with E-state index >= 15 is 0 Å². The van der Waals surface area contributed by atoms with Crippen molar-refractivity contribution in [1.29, 1.82) is 0 Å². The number of nitrogens with one attached hydrogen (secondary N) is 1. The van der Waals surface area contributed by atoms with E-state index in [1.807, 2.05) is 6.07 Å². The average molecular weight is 303 g/mol. The quantitative estimate of drug-likeness (QED) is 0.862. The zero-order valence-corrected chi connectivity index (χ0v) is 11.8. The van der Waals surface area contributed by atoms with Crippen LogP contribution in [0.25, 0.3) is 0 Å². The van der Waals surface area contributed by atoms with Crippen molar-refractivity contribution in [3.05, 3.63) is 59.9 Å². The van der Waals surface area contributed by atoms with Gasteiger partial charge in [0.2, 0.25) is 0 Å². The molecule has 0 bridgehead atoms. The number of hydrogen-bond donors (Lipinski definition) is 1. The number of hydrogen-bond acceptors (Lipinski definition) is 4. The van der Waals surface area contributed by atoms with Gasteiger partial charge in [0.15, 0.2) is 6.61 Å². The van der Waals surface area contributed by atoms with Crippen molar-refractivity contribution < 1.29 is 23.5 Å². The molecular formula is C16H14FNO4. The normalized spacial score (nSPS) is 9.91. The van der Waals surface area contributed by atoms with E-state index in [0.29, 0.717) is 5.75 Å². The van der Waals surface area contributed by atoms with Crippen LogP contribution in [-0.4, -0.2) is 25.6 Å². The summed E-state index contributed by atoms with van der Waals surface area (Å²) < 4.78 is 23.2. The molecule has 0 fully saturated rings. The predicted octanol–water partition coefficient (Wildman–Crippen LogP) is 2.63. The first-order valence-electron chi connectivity index (χ1n) is 6.45. The molecule has 0 radical (unpaired) electrons. The maximum absolute atomic E-state index is 13.5. The third kappa shape index (κ3) is 4.05. The van der Waals surface area contributed by atoms with Gasteiger partial charge in [0.25, 0.3) is 5.91 Å². The lowest BCUT2D eigenvalue weighted by Gasteiger charge is -2.09. The summed E-state index contributed by atoms with van der Waals surface area (Å²) in [6.07, 6.45) is 0. The monoisotopic (exact) mass is 303 g/mol. The van der Waals surface area contributed by atoms with E-state index in [9.17, 15) is 14.0 Å². The molecule has 0 saturated heterocycles. The molecule has 2 aromatic carbocycles. The third-order valence-corrected chi connectivity index (χ3v) is 2.77. The van der Waals surface area contributed by atoms with Crippen LogP contribution in [0.3, 0.4) is 0 Å². The molecule has 0 aliphatic rings. The maximum Gasteiger partial charge on any atom is 0.340 e. The summed E-state index contributed by atoms with van der Waals surface area (Å²) in [7, 11) is 1.15. The summed E-state index contributed by atoms with van der Waals surface area (Å²) in [5.74, 6) is -1.39. The lowest BCUT2D eigenvalue weighted by molar-refractivity contribution is -0.118. The number of ether oxygens (including phenoxy) is 2. The van der Waals surface area contributed by atoms with Gasteiger partial charge >= 0.3 is 5.97 Å². The van der Waals surface area contributed by atoms with Gasteiger partial charge in [0, 0.05) is 5.69 Å². The van der Waals surface area contributed by atoms with Gasteiger partial charge in [-0.3, -0.25) is 4.79 Å². The third-order valence-electron chi connectivity index (χ3n) is 2.77. The van der Waals surface area contributed by atoms with Gasteiger partial charge in [-0.05, 0) is 30.3 Å². The Hall–Kier alpha value is -2.89. The zero-order chi connectivity index (χ0) is 15.9. The number of benzene rings is 2. The van der Waals surface area contributed by atoms with Crippen molar-refractivity contribution in [3.63, 3.8) is 0 Å². The van der Waals surface area contributed by atoms with Crippen molar-refractivity contribution in [3.8, 4) is 5.75 Å². The number of anilines is 1. The molecule has 0 aliphatic carbocycles. The van der Waals surface area contributed by atoms with Gasteiger partial charge in [-0.15, -0.1) is 0 Å². The van der Waals surface area contributed by atoms with Crippen LogP contribution in [0.1, 0.15) is 10.4 Å². The number of halogens is 1. The van der Waals surface area contributed by atoms with Crippen LogP contribution in [-0.2, 0) is 9.53 Å². The smallest absolute Gasteiger partial charge is 0.340 e. The van der Waals surface area contributed by atoms with Crippen molar-refractivity contribution in [2.24, 2.45) is 0 Å². The summed E-state index contributed by atoms with van der Waals surface area (Å²) >= 11 is 0. The summed E-state index contributed by atoms with van der Waals surface area (Å²) in [5, 5.41) is 2.52. The van der Waals surface area contributed by atoms with E-state index in [0.717, 1.165) is 13.2 Å². The van der Waals surface area contributed by atoms with Crippen LogP contribution in [0.5, 0.6) is 5.75 Å². The van der Waals surface area contributed by atoms with Crippen LogP contribution < -0.4 is 10.1 Å². The zero-order valence-electron chi connectivity index (χ0n) is 11.8. The summed E-state index contributed by atoms with van der Waals surface area (Å²) in [5.41, 5.74) is 0.0349. The first-order chi connectivity index (χ1) is 10.6. The number of carbonyl (C=O) groups is 2. The van der Waals surface area contributed by atoms with E-state index in [-0.39, 0.29) is 17.9 Å². The topological polar surface area (TPSA) is 64.6 Å². The molecular weight excluding hydrogens is 289 g/mol. The molecule has 0 heterocycles. The number of rotatable bonds is 5. The summed E-state index contributed by atoms with van der Waals surface area (Å²) in [6.45, 7) is -0.199. The molecule has 6 heteroatoms. The molecule has 0 unspecified atom stereocenters. The van der Waals surface area contributed by atoms with Crippen molar-refractivity contribution >= 4 is 17.6 Å². The van der Waals surface area contributed by atoms with Gasteiger partial charge in [-0.2, -0.15) is 0 Å². The van der Waals surface area contributed by atoms with E-state index in [1.165, 1.54) is 12.1 Å². The van der Waals surface area contributed by atoms with Gasteiger partial charge in [-0.1, -0.05) is 18.2 Å². The molecule has 1 N–H and O–H groups in total. The second-order valence-corrected chi connectivity index (χ2v) is 4.34. The minimum Gasteiger partial charge on any atom is -0.484 e. The minimum absolute atomic E-state index is 0.199. The van der Waals surface area contributed by atoms with E-state index < -0.39 is 17.7 Å². The molecule has 1 amide bonds. The maximum atomic E-state index is 13.5. The number of esters is 1. The van der Waals surface area contributed by atoms with Gasteiger partial charge in [0.05, 0.1) is 12.7 Å². The number of para-hydroxylation sites is 1. The highest BCUT2D eigenvalue weighted by Crippen LogP contribution is 2.16. The molecule has 2 rings (SSSR count). The molecule has 2 aromatic rings. The Morgan fingerprint density at radius 2 is 1.86 bits per heavy atom. The molecule has 22 heavy (non-hydrogen) atoms. The highest BCUT2D eigenvalue weighted by Gasteiger charge is 2.13. The van der Waals surface area contributed by atoms with Crippen molar-refractivity contribution in [2.75, 3.05) is 19.0 Å². The first-order valence-corrected chi connectivity index (χ1v) is 6.45. The second kappa shape index (κ2) is 7.21. The van der Waals surface area contributed by atoms with Crippen LogP contribution in [0.15, 0.2) is 48.5 Å². The predicted molar refractivity (Wildman–Crippen MR) is 78.3 cm³/mol. The standard InChI is InChI=1S/C16H14FNO4/c1-21-16(20)13-9-11(7-8-14(13)17)18-15(19)10-22-12-5-3-2-4-6-12/h2-9H,10H2,1H3,(H,18,19). The lowest BCUT2D eigenvalue weighted by Crippen LogP contribution is -2.20. The fraction of sp³-hybridized carbons (Fsp3) is 0.125. The Morgan fingerprint density at radius 3 is 2.55 bits per heavy atom. The first kappa shape index (κ1) is 15.5. The molecule has 5 nitrogen and oxygen atoms in total. The highest BCUT2D eigenvalue weighted by molar-refractivity contribution is 5.95. The molecule has 0 spiro atoms. The fourth-order valence-corrected chi connectivity index (χ4v) is 1.73. The Bertz CT molecular complexity index is 673. The Kier molecular flexibility index (Phi) is 5.08. The SMILES string of the molecule is COC(=O)c1cc(NC(=O)COc2ccccc2)ccc1F. The van der Waals surface area contributed by atoms with E-state index in [1.54, 1.807) is 24.3 Å². The van der Waals surface area contributed by atoms with Crippen molar-refractivity contribution in [1.82, 2.24) is 0 Å². The molecule has 0 aliphatic heterocycles. The van der Waals surface area contributed by atoms with Crippen LogP contribution >= 0.6 is 0 Å². The Labute approximate surface area is 126 Å². The molecule has 0 aromatic heterocycles. The summed E-state index contributed by atoms with van der Waals surface area (Å²) in [4.78, 5) is 23.2.